The molecule has 2 aromatic carbocycles. The van der Waals surface area contributed by atoms with Gasteiger partial charge in [-0.1, -0.05) is 12.1 Å². The van der Waals surface area contributed by atoms with Gasteiger partial charge in [-0.25, -0.2) is 9.20 Å². The number of anilines is 1. The SMILES string of the molecule is Cc1c(-c2ccnn2-c2ccc(C#N)cc2)cn2nc(NCCCC(=O)N(C)CCN(C)C)nc2c1-c1cccc(C(F)(F)F)c1.O=C[O-]. The highest BCUT2D eigenvalue weighted by molar-refractivity contribution is 5.87. The molecule has 256 valence electrons. The van der Waals surface area contributed by atoms with Gasteiger partial charge in [0, 0.05) is 56.9 Å². The van der Waals surface area contributed by atoms with Crippen LogP contribution in [-0.4, -0.2) is 87.3 Å². The quantitative estimate of drug-likeness (QED) is 0.162. The number of alkyl halides is 3. The highest BCUT2D eigenvalue weighted by Gasteiger charge is 2.31. The lowest BCUT2D eigenvalue weighted by Crippen LogP contribution is -2.33. The molecule has 12 nitrogen and oxygen atoms in total. The summed E-state index contributed by atoms with van der Waals surface area (Å²) in [5.74, 6) is 0.330. The normalized spacial score (nSPS) is 11.2. The number of carbonyl (C=O) groups excluding carboxylic acids is 2. The van der Waals surface area contributed by atoms with Crippen LogP contribution in [0.3, 0.4) is 0 Å². The summed E-state index contributed by atoms with van der Waals surface area (Å²) in [4.78, 5) is 29.1. The van der Waals surface area contributed by atoms with Gasteiger partial charge < -0.3 is 25.0 Å². The molecule has 0 radical (unpaired) electrons. The van der Waals surface area contributed by atoms with Crippen LogP contribution >= 0.6 is 0 Å². The molecule has 49 heavy (non-hydrogen) atoms. The van der Waals surface area contributed by atoms with Crippen molar-refractivity contribution in [3.05, 3.63) is 83.7 Å². The first-order chi connectivity index (χ1) is 23.4. The molecule has 5 aromatic rings. The summed E-state index contributed by atoms with van der Waals surface area (Å²) in [7, 11) is 5.69. The second-order valence-corrected chi connectivity index (χ2v) is 11.4. The molecule has 0 bridgehead atoms. The third kappa shape index (κ3) is 8.79. The molecule has 0 atom stereocenters. The summed E-state index contributed by atoms with van der Waals surface area (Å²) in [6.45, 7) is 3.18. The molecule has 15 heteroatoms. The number of carboxylic acid groups (broad SMARTS) is 1. The van der Waals surface area contributed by atoms with Crippen molar-refractivity contribution in [3.63, 3.8) is 0 Å². The number of nitrogens with one attached hydrogen (secondary N) is 1. The number of fused-ring (bicyclic) bond motifs is 1. The van der Waals surface area contributed by atoms with Gasteiger partial charge in [0.15, 0.2) is 5.65 Å². The lowest BCUT2D eigenvalue weighted by molar-refractivity contribution is -0.283. The number of likely N-dealkylation sites (N-methyl/N-ethyl adjacent to an activating group) is 2. The number of rotatable bonds is 11. The van der Waals surface area contributed by atoms with Crippen LogP contribution in [0.2, 0.25) is 0 Å². The van der Waals surface area contributed by atoms with Gasteiger partial charge >= 0.3 is 6.18 Å². The zero-order valence-electron chi connectivity index (χ0n) is 27.4. The Bertz CT molecular complexity index is 1940. The van der Waals surface area contributed by atoms with Crippen LogP contribution in [0.4, 0.5) is 19.1 Å². The van der Waals surface area contributed by atoms with Crippen molar-refractivity contribution in [2.75, 3.05) is 46.1 Å². The largest absolute Gasteiger partial charge is 0.554 e. The summed E-state index contributed by atoms with van der Waals surface area (Å²) < 4.78 is 44.5. The van der Waals surface area contributed by atoms with E-state index in [0.717, 1.165) is 18.7 Å². The molecule has 5 rings (SSSR count). The molecule has 0 aliphatic carbocycles. The third-order valence-corrected chi connectivity index (χ3v) is 7.68. The van der Waals surface area contributed by atoms with Crippen molar-refractivity contribution in [2.24, 2.45) is 0 Å². The van der Waals surface area contributed by atoms with Crippen molar-refractivity contribution in [1.29, 1.82) is 5.26 Å². The molecule has 3 heterocycles. The fourth-order valence-corrected chi connectivity index (χ4v) is 5.13. The smallest absolute Gasteiger partial charge is 0.416 e. The number of hydrogen-bond donors (Lipinski definition) is 1. The third-order valence-electron chi connectivity index (χ3n) is 7.68. The van der Waals surface area contributed by atoms with E-state index in [1.54, 1.807) is 63.9 Å². The number of amides is 1. The van der Waals surface area contributed by atoms with Gasteiger partial charge in [-0.2, -0.15) is 28.5 Å². The summed E-state index contributed by atoms with van der Waals surface area (Å²) >= 11 is 0. The number of carbonyl (C=O) groups is 2. The van der Waals surface area contributed by atoms with Crippen LogP contribution in [0, 0.1) is 18.3 Å². The van der Waals surface area contributed by atoms with E-state index in [1.807, 2.05) is 32.0 Å². The standard InChI is InChI=1S/C33H34F3N9O.CH2O2/c1-22-27(28-14-16-39-45(28)26-12-10-23(20-37)11-13-26)21-44-31(30(22)24-7-5-8-25(19-24)33(34,35)36)40-32(41-44)38-15-6-9-29(46)43(4)18-17-42(2)3;2-1-3/h5,7-8,10-14,16,19,21H,6,9,15,17-18H2,1-4H3,(H,38,41);1H,(H,2,3)/p-1. The highest BCUT2D eigenvalue weighted by atomic mass is 19.4. The van der Waals surface area contributed by atoms with Gasteiger partial charge in [-0.3, -0.25) is 4.79 Å². The molecular formula is C34H35F3N9O3-. The zero-order chi connectivity index (χ0) is 35.7. The summed E-state index contributed by atoms with van der Waals surface area (Å²) in [5.41, 5.74) is 3.72. The average molecular weight is 675 g/mol. The van der Waals surface area contributed by atoms with Crippen molar-refractivity contribution in [2.45, 2.75) is 25.9 Å². The topological polar surface area (TPSA) is 148 Å². The van der Waals surface area contributed by atoms with Gasteiger partial charge in [0.05, 0.1) is 34.8 Å². The van der Waals surface area contributed by atoms with Gasteiger partial charge in [-0.05, 0) is 81.0 Å². The average Bonchev–Trinajstić information content (AvgIpc) is 3.72. The van der Waals surface area contributed by atoms with Gasteiger partial charge in [0.2, 0.25) is 11.9 Å². The zero-order valence-corrected chi connectivity index (χ0v) is 27.4. The lowest BCUT2D eigenvalue weighted by atomic mass is 9.95. The van der Waals surface area contributed by atoms with E-state index in [0.29, 0.717) is 76.7 Å². The Hall–Kier alpha value is -5.75. The van der Waals surface area contributed by atoms with Crippen LogP contribution in [0.25, 0.3) is 33.7 Å². The molecule has 0 aliphatic heterocycles. The maximum absolute atomic E-state index is 13.8. The van der Waals surface area contributed by atoms with E-state index in [-0.39, 0.29) is 5.91 Å². The molecule has 0 saturated carbocycles. The monoisotopic (exact) mass is 674 g/mol. The van der Waals surface area contributed by atoms with E-state index in [2.05, 4.69) is 26.6 Å². The highest BCUT2D eigenvalue weighted by Crippen LogP contribution is 2.38. The van der Waals surface area contributed by atoms with Gasteiger partial charge in [0.1, 0.15) is 0 Å². The minimum atomic E-state index is -4.52. The van der Waals surface area contributed by atoms with Crippen molar-refractivity contribution >= 4 is 24.0 Å². The number of halogens is 3. The Morgan fingerprint density at radius 1 is 1.10 bits per heavy atom. The second kappa shape index (κ2) is 15.9. The maximum atomic E-state index is 13.8. The van der Waals surface area contributed by atoms with E-state index in [9.17, 15) is 23.2 Å². The number of benzene rings is 2. The molecule has 0 saturated heterocycles. The van der Waals surface area contributed by atoms with Crippen molar-refractivity contribution in [1.82, 2.24) is 34.2 Å². The van der Waals surface area contributed by atoms with Crippen LogP contribution in [-0.2, 0) is 15.8 Å². The molecule has 3 aromatic heterocycles. The number of nitriles is 1. The molecule has 1 N–H and O–H groups in total. The van der Waals surface area contributed by atoms with Crippen LogP contribution in [0.15, 0.2) is 67.0 Å². The first-order valence-electron chi connectivity index (χ1n) is 15.2. The van der Waals surface area contributed by atoms with Crippen molar-refractivity contribution < 1.29 is 27.9 Å². The van der Waals surface area contributed by atoms with Gasteiger partial charge in [-0.15, -0.1) is 5.10 Å². The molecule has 0 aliphatic rings. The van der Waals surface area contributed by atoms with Crippen molar-refractivity contribution in [3.8, 4) is 34.1 Å². The van der Waals surface area contributed by atoms with Gasteiger partial charge in [0.25, 0.3) is 0 Å². The summed E-state index contributed by atoms with van der Waals surface area (Å²) in [6, 6.07) is 16.0. The predicted octanol–water partition coefficient (Wildman–Crippen LogP) is 4.03. The van der Waals surface area contributed by atoms with E-state index >= 15 is 0 Å². The fraction of sp³-hybridized carbons (Fsp3) is 0.294. The van der Waals surface area contributed by atoms with E-state index in [1.165, 1.54) is 6.07 Å². The molecule has 0 spiro atoms. The van der Waals surface area contributed by atoms with Crippen LogP contribution in [0.5, 0.6) is 0 Å². The molecular weight excluding hydrogens is 639 g/mol. The molecule has 1 amide bonds. The molecule has 0 fully saturated rings. The Kier molecular flexibility index (Phi) is 11.7. The van der Waals surface area contributed by atoms with E-state index in [4.69, 9.17) is 9.90 Å². The molecule has 0 unspecified atom stereocenters. The minimum absolute atomic E-state index is 0.0394. The first kappa shape index (κ1) is 36.1. The Balaban J connectivity index is 0.00000174. The number of pyridine rings is 1. The number of nitrogens with zero attached hydrogens (tertiary/aromatic N) is 8. The lowest BCUT2D eigenvalue weighted by Gasteiger charge is -2.19. The minimum Gasteiger partial charge on any atom is -0.554 e. The predicted molar refractivity (Wildman–Crippen MR) is 175 cm³/mol. The van der Waals surface area contributed by atoms with E-state index < -0.39 is 18.2 Å². The number of hydrogen-bond acceptors (Lipinski definition) is 9. The Morgan fingerprint density at radius 3 is 2.47 bits per heavy atom. The first-order valence-corrected chi connectivity index (χ1v) is 15.2. The number of aromatic nitrogens is 5. The summed E-state index contributed by atoms with van der Waals surface area (Å²) in [6.07, 6.45) is -0.211. The Labute approximate surface area is 281 Å². The summed E-state index contributed by atoms with van der Waals surface area (Å²) in [5, 5.41) is 29.7. The van der Waals surface area contributed by atoms with Crippen LogP contribution in [0.1, 0.15) is 29.5 Å². The Morgan fingerprint density at radius 2 is 1.82 bits per heavy atom. The second-order valence-electron chi connectivity index (χ2n) is 11.4. The van der Waals surface area contributed by atoms with Crippen LogP contribution < -0.4 is 10.4 Å². The maximum Gasteiger partial charge on any atom is 0.416 e. The fourth-order valence-electron chi connectivity index (χ4n) is 5.13.